The van der Waals surface area contributed by atoms with Crippen LogP contribution in [0.15, 0.2) is 18.2 Å². The molecule has 1 amide bonds. The molecule has 5 rings (SSSR count). The molecule has 3 aliphatic rings. The van der Waals surface area contributed by atoms with Crippen LogP contribution in [-0.4, -0.2) is 89.9 Å². The van der Waals surface area contributed by atoms with E-state index in [1.54, 1.807) is 0 Å². The number of aromatic nitrogens is 3. The van der Waals surface area contributed by atoms with E-state index in [1.807, 2.05) is 24.0 Å². The van der Waals surface area contributed by atoms with Gasteiger partial charge in [-0.2, -0.15) is 9.97 Å². The number of fused-ring (bicyclic) bond motifs is 1. The number of aryl methyl sites for hydroxylation is 1. The summed E-state index contributed by atoms with van der Waals surface area (Å²) in [5.74, 6) is 3.47. The van der Waals surface area contributed by atoms with E-state index >= 15 is 0 Å². The van der Waals surface area contributed by atoms with Gasteiger partial charge in [0.1, 0.15) is 11.6 Å². The van der Waals surface area contributed by atoms with Gasteiger partial charge >= 0.3 is 0 Å². The molecule has 10 nitrogen and oxygen atoms in total. The van der Waals surface area contributed by atoms with Gasteiger partial charge in [0.05, 0.1) is 19.6 Å². The standard InChI is InChI=1S/C22H28N6O4/c1-16-23-20(25-22(24-16)28-8-10-30-11-9-28)13-21(29)27-6-4-26(5-7-27)14-17-2-3-18-19(12-17)32-15-31-18/h2-3,12H,4-11,13-15H2,1H3. The predicted octanol–water partition coefficient (Wildman–Crippen LogP) is 0.632. The fraction of sp³-hybridized carbons (Fsp3) is 0.545. The maximum Gasteiger partial charge on any atom is 0.231 e. The molecule has 0 saturated carbocycles. The number of carbonyl (C=O) groups excluding carboxylic acids is 1. The lowest BCUT2D eigenvalue weighted by Crippen LogP contribution is -2.48. The van der Waals surface area contributed by atoms with Crippen LogP contribution in [0.25, 0.3) is 0 Å². The minimum atomic E-state index is 0.0613. The third kappa shape index (κ3) is 4.76. The Bertz CT molecular complexity index is 973. The molecule has 0 bridgehead atoms. The molecule has 0 spiro atoms. The van der Waals surface area contributed by atoms with Crippen LogP contribution in [0, 0.1) is 6.92 Å². The smallest absolute Gasteiger partial charge is 0.231 e. The molecule has 10 heteroatoms. The molecule has 3 aliphatic heterocycles. The number of hydrogen-bond acceptors (Lipinski definition) is 9. The van der Waals surface area contributed by atoms with Gasteiger partial charge in [-0.1, -0.05) is 6.07 Å². The van der Waals surface area contributed by atoms with E-state index in [4.69, 9.17) is 14.2 Å². The summed E-state index contributed by atoms with van der Waals surface area (Å²) in [6.45, 7) is 8.84. The summed E-state index contributed by atoms with van der Waals surface area (Å²) < 4.78 is 16.3. The summed E-state index contributed by atoms with van der Waals surface area (Å²) in [6.07, 6.45) is 0.197. The molecule has 0 radical (unpaired) electrons. The number of rotatable bonds is 5. The van der Waals surface area contributed by atoms with E-state index in [0.717, 1.165) is 44.2 Å². The Morgan fingerprint density at radius 3 is 2.56 bits per heavy atom. The van der Waals surface area contributed by atoms with E-state index in [-0.39, 0.29) is 19.1 Å². The van der Waals surface area contributed by atoms with Gasteiger partial charge in [-0.3, -0.25) is 9.69 Å². The number of amides is 1. The fourth-order valence-electron chi connectivity index (χ4n) is 4.21. The van der Waals surface area contributed by atoms with Crippen LogP contribution in [0.5, 0.6) is 11.5 Å². The third-order valence-corrected chi connectivity index (χ3v) is 5.95. The van der Waals surface area contributed by atoms with Crippen LogP contribution in [-0.2, 0) is 22.5 Å². The Labute approximate surface area is 187 Å². The van der Waals surface area contributed by atoms with Gasteiger partial charge in [-0.05, 0) is 24.6 Å². The number of anilines is 1. The molecule has 0 N–H and O–H groups in total. The van der Waals surface area contributed by atoms with E-state index in [1.165, 1.54) is 5.56 Å². The second-order valence-electron chi connectivity index (χ2n) is 8.22. The van der Waals surface area contributed by atoms with Crippen LogP contribution >= 0.6 is 0 Å². The molecular formula is C22H28N6O4. The topological polar surface area (TPSA) is 93.2 Å². The Kier molecular flexibility index (Phi) is 6.04. The zero-order valence-corrected chi connectivity index (χ0v) is 18.3. The second-order valence-corrected chi connectivity index (χ2v) is 8.22. The van der Waals surface area contributed by atoms with E-state index in [9.17, 15) is 4.79 Å². The van der Waals surface area contributed by atoms with Crippen molar-refractivity contribution in [2.45, 2.75) is 19.9 Å². The van der Waals surface area contributed by atoms with Crippen molar-refractivity contribution in [3.8, 4) is 11.5 Å². The van der Waals surface area contributed by atoms with Gasteiger partial charge in [0.25, 0.3) is 0 Å². The molecule has 2 aromatic rings. The lowest BCUT2D eigenvalue weighted by Gasteiger charge is -2.34. The number of piperazine rings is 1. The molecule has 0 unspecified atom stereocenters. The maximum atomic E-state index is 12.9. The first-order valence-electron chi connectivity index (χ1n) is 11.1. The SMILES string of the molecule is Cc1nc(CC(=O)N2CCN(Cc3ccc4c(c3)OCO4)CC2)nc(N2CCOCC2)n1. The molecule has 170 valence electrons. The largest absolute Gasteiger partial charge is 0.454 e. The summed E-state index contributed by atoms with van der Waals surface area (Å²) in [5, 5.41) is 0. The Morgan fingerprint density at radius 2 is 1.75 bits per heavy atom. The monoisotopic (exact) mass is 440 g/mol. The normalized spacial score (nSPS) is 18.8. The number of carbonyl (C=O) groups is 1. The first-order valence-corrected chi connectivity index (χ1v) is 11.1. The number of morpholine rings is 1. The van der Waals surface area contributed by atoms with Crippen LogP contribution in [0.4, 0.5) is 5.95 Å². The maximum absolute atomic E-state index is 12.9. The van der Waals surface area contributed by atoms with Crippen molar-refractivity contribution in [3.05, 3.63) is 35.4 Å². The molecule has 0 atom stereocenters. The summed E-state index contributed by atoms with van der Waals surface area (Å²) in [6, 6.07) is 6.06. The predicted molar refractivity (Wildman–Crippen MR) is 116 cm³/mol. The van der Waals surface area contributed by atoms with Crippen molar-refractivity contribution in [1.82, 2.24) is 24.8 Å². The van der Waals surface area contributed by atoms with Gasteiger partial charge in [0, 0.05) is 45.8 Å². The summed E-state index contributed by atoms with van der Waals surface area (Å²) >= 11 is 0. The average molecular weight is 441 g/mol. The van der Waals surface area contributed by atoms with Crippen LogP contribution in [0.1, 0.15) is 17.2 Å². The summed E-state index contributed by atoms with van der Waals surface area (Å²) in [4.78, 5) is 32.7. The van der Waals surface area contributed by atoms with E-state index < -0.39 is 0 Å². The lowest BCUT2D eigenvalue weighted by molar-refractivity contribution is -0.132. The van der Waals surface area contributed by atoms with Crippen molar-refractivity contribution < 1.29 is 19.0 Å². The number of nitrogens with zero attached hydrogens (tertiary/aromatic N) is 6. The van der Waals surface area contributed by atoms with Gasteiger partial charge in [-0.25, -0.2) is 4.98 Å². The Hall–Kier alpha value is -2.98. The molecule has 1 aromatic heterocycles. The van der Waals surface area contributed by atoms with Crippen LogP contribution in [0.3, 0.4) is 0 Å². The highest BCUT2D eigenvalue weighted by atomic mass is 16.7. The highest BCUT2D eigenvalue weighted by Crippen LogP contribution is 2.32. The number of benzene rings is 1. The summed E-state index contributed by atoms with van der Waals surface area (Å²) in [5.41, 5.74) is 1.19. The van der Waals surface area contributed by atoms with E-state index in [0.29, 0.717) is 43.9 Å². The van der Waals surface area contributed by atoms with Gasteiger partial charge in [0.2, 0.25) is 18.6 Å². The average Bonchev–Trinajstić information content (AvgIpc) is 3.28. The molecule has 1 aromatic carbocycles. The Morgan fingerprint density at radius 1 is 0.969 bits per heavy atom. The van der Waals surface area contributed by atoms with Crippen molar-refractivity contribution in [3.63, 3.8) is 0 Å². The highest BCUT2D eigenvalue weighted by Gasteiger charge is 2.24. The van der Waals surface area contributed by atoms with Crippen molar-refractivity contribution in [2.24, 2.45) is 0 Å². The van der Waals surface area contributed by atoms with E-state index in [2.05, 4.69) is 30.8 Å². The first kappa shape index (κ1) is 20.9. The third-order valence-electron chi connectivity index (χ3n) is 5.95. The first-order chi connectivity index (χ1) is 15.6. The molecular weight excluding hydrogens is 412 g/mol. The zero-order valence-electron chi connectivity index (χ0n) is 18.3. The van der Waals surface area contributed by atoms with Gasteiger partial charge in [0.15, 0.2) is 11.5 Å². The van der Waals surface area contributed by atoms with Gasteiger partial charge < -0.3 is 24.0 Å². The molecule has 4 heterocycles. The van der Waals surface area contributed by atoms with Crippen LogP contribution in [0.2, 0.25) is 0 Å². The number of hydrogen-bond donors (Lipinski definition) is 0. The highest BCUT2D eigenvalue weighted by molar-refractivity contribution is 5.78. The fourth-order valence-corrected chi connectivity index (χ4v) is 4.21. The lowest BCUT2D eigenvalue weighted by atomic mass is 10.1. The quantitative estimate of drug-likeness (QED) is 0.664. The molecule has 2 saturated heterocycles. The molecule has 32 heavy (non-hydrogen) atoms. The molecule has 2 fully saturated rings. The van der Waals surface area contributed by atoms with Crippen molar-refractivity contribution >= 4 is 11.9 Å². The van der Waals surface area contributed by atoms with Gasteiger partial charge in [-0.15, -0.1) is 0 Å². The van der Waals surface area contributed by atoms with Crippen molar-refractivity contribution in [1.29, 1.82) is 0 Å². The minimum Gasteiger partial charge on any atom is -0.454 e. The minimum absolute atomic E-state index is 0.0613. The number of ether oxygens (including phenoxy) is 3. The van der Waals surface area contributed by atoms with Crippen molar-refractivity contribution in [2.75, 3.05) is 64.2 Å². The summed E-state index contributed by atoms with van der Waals surface area (Å²) in [7, 11) is 0. The second kappa shape index (κ2) is 9.25. The zero-order chi connectivity index (χ0) is 21.9. The van der Waals surface area contributed by atoms with Crippen LogP contribution < -0.4 is 14.4 Å². The Balaban J connectivity index is 1.15. The molecule has 0 aliphatic carbocycles.